The van der Waals surface area contributed by atoms with Gasteiger partial charge in [-0.2, -0.15) is 13.2 Å². The number of carbonyl (C=O) groups excluding carboxylic acids is 3. The van der Waals surface area contributed by atoms with E-state index in [1.165, 1.54) is 12.1 Å². The molecule has 0 spiro atoms. The van der Waals surface area contributed by atoms with Gasteiger partial charge in [-0.25, -0.2) is 4.90 Å². The zero-order valence-corrected chi connectivity index (χ0v) is 24.8. The van der Waals surface area contributed by atoms with E-state index in [4.69, 9.17) is 0 Å². The van der Waals surface area contributed by atoms with Crippen LogP contribution >= 0.6 is 0 Å². The molecule has 2 amide bonds. The van der Waals surface area contributed by atoms with Crippen LogP contribution in [-0.2, 0) is 31.4 Å². The predicted octanol–water partition coefficient (Wildman–Crippen LogP) is 7.89. The van der Waals surface area contributed by atoms with Crippen LogP contribution in [0.4, 0.5) is 18.9 Å². The normalized spacial score (nSPS) is 25.1. The number of fused-ring (bicyclic) bond motifs is 5. The molecule has 4 nitrogen and oxygen atoms in total. The average Bonchev–Trinajstić information content (AvgIpc) is 3.61. The summed E-state index contributed by atoms with van der Waals surface area (Å²) in [6.45, 7) is 0. The molecule has 230 valence electrons. The van der Waals surface area contributed by atoms with Crippen molar-refractivity contribution >= 4 is 34.4 Å². The van der Waals surface area contributed by atoms with Gasteiger partial charge >= 0.3 is 6.18 Å². The number of rotatable bonds is 5. The van der Waals surface area contributed by atoms with E-state index in [-0.39, 0.29) is 11.5 Å². The van der Waals surface area contributed by atoms with Crippen molar-refractivity contribution in [1.82, 2.24) is 0 Å². The van der Waals surface area contributed by atoms with Gasteiger partial charge in [-0.15, -0.1) is 0 Å². The molecule has 1 saturated heterocycles. The van der Waals surface area contributed by atoms with E-state index < -0.39 is 46.2 Å². The lowest BCUT2D eigenvalue weighted by Gasteiger charge is -2.39. The number of carbonyl (C=O) groups is 3. The Morgan fingerprint density at radius 1 is 0.511 bits per heavy atom. The Balaban J connectivity index is 1.52. The smallest absolute Gasteiger partial charge is 0.297 e. The number of imide groups is 1. The van der Waals surface area contributed by atoms with Gasteiger partial charge in [-0.1, -0.05) is 127 Å². The summed E-state index contributed by atoms with van der Waals surface area (Å²) in [5.74, 6) is -4.13. The summed E-state index contributed by atoms with van der Waals surface area (Å²) in [4.78, 5) is 46.5. The summed E-state index contributed by atoms with van der Waals surface area (Å²) < 4.78 is 41.6. The van der Waals surface area contributed by atoms with Crippen LogP contribution in [0.1, 0.15) is 27.8 Å². The van der Waals surface area contributed by atoms with Crippen LogP contribution in [0, 0.1) is 11.8 Å². The van der Waals surface area contributed by atoms with Crippen molar-refractivity contribution in [1.29, 1.82) is 0 Å². The third-order valence-corrected chi connectivity index (χ3v) is 10.0. The Morgan fingerprint density at radius 2 is 0.915 bits per heavy atom. The Bertz CT molecular complexity index is 1970. The molecule has 2 bridgehead atoms. The minimum Gasteiger partial charge on any atom is -0.297 e. The van der Waals surface area contributed by atoms with Crippen LogP contribution in [0.15, 0.2) is 146 Å². The van der Waals surface area contributed by atoms with E-state index in [1.54, 1.807) is 48.5 Å². The third-order valence-electron chi connectivity index (χ3n) is 10.0. The van der Waals surface area contributed by atoms with Crippen LogP contribution in [0.25, 0.3) is 11.1 Å². The second-order valence-electron chi connectivity index (χ2n) is 12.2. The summed E-state index contributed by atoms with van der Waals surface area (Å²) in [5, 5.41) is 0. The summed E-state index contributed by atoms with van der Waals surface area (Å²) in [7, 11) is 0. The molecule has 4 atom stereocenters. The molecule has 1 heterocycles. The fourth-order valence-corrected chi connectivity index (χ4v) is 8.41. The van der Waals surface area contributed by atoms with Crippen molar-refractivity contribution in [2.75, 3.05) is 4.90 Å². The number of anilines is 1. The minimum absolute atomic E-state index is 0.176. The first-order valence-corrected chi connectivity index (χ1v) is 15.3. The van der Waals surface area contributed by atoms with Crippen molar-refractivity contribution in [3.05, 3.63) is 173 Å². The summed E-state index contributed by atoms with van der Waals surface area (Å²) >= 11 is 0. The third kappa shape index (κ3) is 3.74. The maximum absolute atomic E-state index is 15.8. The second kappa shape index (κ2) is 10.2. The fraction of sp³-hybridized carbons (Fsp3) is 0.125. The van der Waals surface area contributed by atoms with Crippen LogP contribution in [0.3, 0.4) is 0 Å². The molecular weight excluding hydrogens is 599 g/mol. The highest BCUT2D eigenvalue weighted by Gasteiger charge is 2.82. The van der Waals surface area contributed by atoms with Crippen LogP contribution in [-0.4, -0.2) is 17.6 Å². The number of halogens is 3. The molecule has 1 saturated carbocycles. The molecule has 0 unspecified atom stereocenters. The fourth-order valence-electron chi connectivity index (χ4n) is 8.41. The van der Waals surface area contributed by atoms with E-state index in [1.807, 2.05) is 72.8 Å². The van der Waals surface area contributed by atoms with Gasteiger partial charge in [0, 0.05) is 0 Å². The van der Waals surface area contributed by atoms with Gasteiger partial charge in [0.25, 0.3) is 0 Å². The molecule has 0 N–H and O–H groups in total. The zero-order chi connectivity index (χ0) is 32.6. The van der Waals surface area contributed by atoms with Crippen molar-refractivity contribution in [3.63, 3.8) is 0 Å². The lowest BCUT2D eigenvalue weighted by atomic mass is 9.59. The quantitative estimate of drug-likeness (QED) is 0.187. The first kappa shape index (κ1) is 28.9. The van der Waals surface area contributed by atoms with Gasteiger partial charge in [-0.05, 0) is 51.6 Å². The monoisotopic (exact) mass is 625 g/mol. The molecule has 7 heteroatoms. The number of alkyl halides is 3. The first-order chi connectivity index (χ1) is 22.7. The maximum Gasteiger partial charge on any atom is 0.416 e. The van der Waals surface area contributed by atoms with E-state index >= 15 is 4.79 Å². The number of hydrogen-bond donors (Lipinski definition) is 0. The van der Waals surface area contributed by atoms with Crippen molar-refractivity contribution in [3.8, 4) is 0 Å². The lowest BCUT2D eigenvalue weighted by molar-refractivity contribution is -0.137. The van der Waals surface area contributed by atoms with Gasteiger partial charge in [0.05, 0.1) is 33.9 Å². The molecule has 0 aromatic heterocycles. The first-order valence-electron chi connectivity index (χ1n) is 15.3. The van der Waals surface area contributed by atoms with E-state index in [2.05, 4.69) is 0 Å². The molecule has 2 fully saturated rings. The Kier molecular flexibility index (Phi) is 6.28. The molecular formula is C40H26F3NO3. The molecule has 8 rings (SSSR count). The number of nitrogens with zero attached hydrogens (tertiary/aromatic N) is 1. The van der Waals surface area contributed by atoms with E-state index in [9.17, 15) is 22.8 Å². The summed E-state index contributed by atoms with van der Waals surface area (Å²) in [6.07, 6.45) is -4.69. The Morgan fingerprint density at radius 3 is 1.32 bits per heavy atom. The largest absolute Gasteiger partial charge is 0.416 e. The van der Waals surface area contributed by atoms with Gasteiger partial charge in [0.15, 0.2) is 5.78 Å². The van der Waals surface area contributed by atoms with Crippen molar-refractivity contribution in [2.45, 2.75) is 17.0 Å². The van der Waals surface area contributed by atoms with E-state index in [0.717, 1.165) is 28.2 Å². The van der Waals surface area contributed by atoms with Crippen LogP contribution < -0.4 is 4.90 Å². The highest BCUT2D eigenvalue weighted by molar-refractivity contribution is 6.39. The van der Waals surface area contributed by atoms with Gasteiger partial charge in [-0.3, -0.25) is 14.4 Å². The minimum atomic E-state index is -4.69. The van der Waals surface area contributed by atoms with Gasteiger partial charge in [0.2, 0.25) is 11.8 Å². The highest BCUT2D eigenvalue weighted by atomic mass is 19.4. The highest BCUT2D eigenvalue weighted by Crippen LogP contribution is 2.74. The maximum atomic E-state index is 15.8. The molecule has 47 heavy (non-hydrogen) atoms. The topological polar surface area (TPSA) is 54.5 Å². The molecule has 0 radical (unpaired) electrons. The molecule has 5 aromatic rings. The number of allylic oxidation sites excluding steroid dienone is 2. The zero-order valence-electron chi connectivity index (χ0n) is 24.8. The summed E-state index contributed by atoms with van der Waals surface area (Å²) in [5.41, 5.74) is -0.621. The number of amides is 2. The number of hydrogen-bond acceptors (Lipinski definition) is 3. The predicted molar refractivity (Wildman–Crippen MR) is 172 cm³/mol. The molecule has 5 aromatic carbocycles. The van der Waals surface area contributed by atoms with Crippen LogP contribution in [0.2, 0.25) is 0 Å². The van der Waals surface area contributed by atoms with Crippen molar-refractivity contribution < 1.29 is 27.6 Å². The molecule has 1 aliphatic heterocycles. The van der Waals surface area contributed by atoms with Crippen molar-refractivity contribution in [2.24, 2.45) is 11.8 Å². The Labute approximate surface area is 268 Å². The lowest BCUT2D eigenvalue weighted by Crippen LogP contribution is -2.45. The summed E-state index contributed by atoms with van der Waals surface area (Å²) in [6, 6.07) is 41.1. The van der Waals surface area contributed by atoms with Crippen LogP contribution in [0.5, 0.6) is 0 Å². The molecule has 3 aliphatic rings. The Hall–Kier alpha value is -5.56. The number of Topliss-reactive ketones (excluding diaryl/α,β-unsaturated/α-hetero) is 1. The molecule has 2 aliphatic carbocycles. The van der Waals surface area contributed by atoms with E-state index in [0.29, 0.717) is 22.3 Å². The van der Waals surface area contributed by atoms with Gasteiger partial charge < -0.3 is 0 Å². The standard InChI is InChI=1S/C40H26F3NO3/c41-40(42,43)29-22-13-23-30(24-29)44-35(45)33-34(36(44)46)39(28-20-11-4-12-21-28)32(26-16-7-2-8-17-26)31(25-14-5-1-6-15-25)38(33,37(39)47)27-18-9-3-10-19-27/h1-24,33-34H/t33-,34+,38-,39+. The SMILES string of the molecule is O=C1[C@@H]2[C@H](C(=O)N1c1cccc(C(F)(F)F)c1)[C@]1(c3ccccc3)C(=O)[C@@]2(c2ccccc2)C(c2ccccc2)=C1c1ccccc1. The second-order valence-corrected chi connectivity index (χ2v) is 12.2. The van der Waals surface area contributed by atoms with Gasteiger partial charge in [0.1, 0.15) is 0 Å². The average molecular weight is 626 g/mol. The number of benzene rings is 5. The number of ketones is 1.